The lowest BCUT2D eigenvalue weighted by Crippen LogP contribution is -2.27. The van der Waals surface area contributed by atoms with Crippen molar-refractivity contribution in [2.24, 2.45) is 4.99 Å². The molecule has 0 saturated heterocycles. The molecule has 0 unspecified atom stereocenters. The number of amidine groups is 1. The minimum absolute atomic E-state index is 0.0150. The van der Waals surface area contributed by atoms with Crippen LogP contribution in [0.2, 0.25) is 0 Å². The van der Waals surface area contributed by atoms with Crippen LogP contribution in [0.4, 0.5) is 5.69 Å². The van der Waals surface area contributed by atoms with Gasteiger partial charge in [-0.15, -0.1) is 0 Å². The minimum Gasteiger partial charge on any atom is -0.270 e. The van der Waals surface area contributed by atoms with E-state index in [1.165, 1.54) is 23.9 Å². The Labute approximate surface area is 173 Å². The highest BCUT2D eigenvalue weighted by molar-refractivity contribution is 8.13. The van der Waals surface area contributed by atoms with E-state index in [0.717, 1.165) is 11.1 Å². The largest absolute Gasteiger partial charge is 0.270 e. The van der Waals surface area contributed by atoms with Gasteiger partial charge in [0.25, 0.3) is 5.69 Å². The van der Waals surface area contributed by atoms with Gasteiger partial charge in [-0.3, -0.25) is 19.9 Å². The number of nitro groups is 1. The Morgan fingerprint density at radius 3 is 2.41 bits per heavy atom. The Kier molecular flexibility index (Phi) is 8.58. The van der Waals surface area contributed by atoms with Crippen molar-refractivity contribution >= 4 is 32.6 Å². The quantitative estimate of drug-likeness (QED) is 0.203. The zero-order valence-electron chi connectivity index (χ0n) is 16.0. The lowest BCUT2D eigenvalue weighted by molar-refractivity contribution is -0.384. The molecule has 9 nitrogen and oxygen atoms in total. The number of nitrogens with zero attached hydrogens (tertiary/aromatic N) is 2. The third-order valence-corrected chi connectivity index (χ3v) is 5.81. The van der Waals surface area contributed by atoms with Crippen LogP contribution in [0.5, 0.6) is 0 Å². The van der Waals surface area contributed by atoms with E-state index in [1.54, 1.807) is 42.7 Å². The molecule has 2 aromatic carbocycles. The second kappa shape index (κ2) is 10.9. The van der Waals surface area contributed by atoms with E-state index in [0.29, 0.717) is 5.17 Å². The topological polar surface area (TPSA) is 123 Å². The summed E-state index contributed by atoms with van der Waals surface area (Å²) in [6.07, 6.45) is 1.80. The van der Waals surface area contributed by atoms with Crippen molar-refractivity contribution in [2.45, 2.75) is 18.4 Å². The molecule has 0 fully saturated rings. The Balaban J connectivity index is 1.78. The molecule has 2 aromatic rings. The number of thioether (sulfide) groups is 1. The average Bonchev–Trinajstić information content (AvgIpc) is 2.70. The van der Waals surface area contributed by atoms with E-state index < -0.39 is 14.9 Å². The van der Waals surface area contributed by atoms with Crippen molar-refractivity contribution in [1.82, 2.24) is 10.2 Å². The van der Waals surface area contributed by atoms with Crippen LogP contribution in [-0.2, 0) is 21.5 Å². The number of sulfonamides is 1. The second-order valence-corrected chi connectivity index (χ2v) is 8.48. The molecular formula is C18H22N4O5S2. The number of hydrogen-bond acceptors (Lipinski definition) is 7. The van der Waals surface area contributed by atoms with Crippen LogP contribution in [0.15, 0.2) is 58.4 Å². The number of non-ortho nitro benzene ring substituents is 1. The van der Waals surface area contributed by atoms with E-state index in [-0.39, 0.29) is 30.3 Å². The highest BCUT2D eigenvalue weighted by atomic mass is 32.2. The third kappa shape index (κ3) is 7.46. The van der Waals surface area contributed by atoms with E-state index in [4.69, 9.17) is 4.84 Å². The van der Waals surface area contributed by atoms with Gasteiger partial charge in [-0.05, 0) is 43.0 Å². The molecule has 29 heavy (non-hydrogen) atoms. The fourth-order valence-corrected chi connectivity index (χ4v) is 3.56. The molecule has 0 amide bonds. The van der Waals surface area contributed by atoms with Crippen LogP contribution in [-0.4, -0.2) is 37.9 Å². The normalized spacial score (nSPS) is 12.0. The van der Waals surface area contributed by atoms with Gasteiger partial charge in [0.15, 0.2) is 5.17 Å². The molecule has 156 valence electrons. The van der Waals surface area contributed by atoms with Gasteiger partial charge < -0.3 is 0 Å². The van der Waals surface area contributed by atoms with Crippen LogP contribution < -0.4 is 10.2 Å². The average molecular weight is 439 g/mol. The summed E-state index contributed by atoms with van der Waals surface area (Å²) in [4.78, 5) is 20.0. The first-order chi connectivity index (χ1) is 13.8. The molecule has 0 aliphatic heterocycles. The predicted molar refractivity (Wildman–Crippen MR) is 113 cm³/mol. The number of nitro benzene ring substituents is 1. The molecule has 11 heteroatoms. The first-order valence-electron chi connectivity index (χ1n) is 8.58. The van der Waals surface area contributed by atoms with Gasteiger partial charge in [0, 0.05) is 18.7 Å². The smallest absolute Gasteiger partial charge is 0.269 e. The highest BCUT2D eigenvalue weighted by Gasteiger charge is 2.12. The molecule has 0 aliphatic carbocycles. The predicted octanol–water partition coefficient (Wildman–Crippen LogP) is 2.62. The fourth-order valence-electron chi connectivity index (χ4n) is 2.17. The lowest BCUT2D eigenvalue weighted by atomic mass is 10.2. The van der Waals surface area contributed by atoms with Gasteiger partial charge in [-0.2, -0.15) is 0 Å². The van der Waals surface area contributed by atoms with E-state index in [1.807, 2.05) is 6.92 Å². The monoisotopic (exact) mass is 438 g/mol. The number of aliphatic imine (C=N–C) groups is 1. The zero-order valence-corrected chi connectivity index (χ0v) is 17.6. The summed E-state index contributed by atoms with van der Waals surface area (Å²) < 4.78 is 26.9. The molecular weight excluding hydrogens is 416 g/mol. The van der Waals surface area contributed by atoms with Crippen molar-refractivity contribution in [3.63, 3.8) is 0 Å². The first kappa shape index (κ1) is 22.8. The number of hydroxylamine groups is 1. The second-order valence-electron chi connectivity index (χ2n) is 5.92. The number of rotatable bonds is 9. The highest BCUT2D eigenvalue weighted by Crippen LogP contribution is 2.12. The molecule has 0 aromatic heterocycles. The third-order valence-electron chi connectivity index (χ3n) is 3.73. The van der Waals surface area contributed by atoms with E-state index in [9.17, 15) is 18.5 Å². The van der Waals surface area contributed by atoms with Crippen molar-refractivity contribution in [2.75, 3.05) is 19.3 Å². The van der Waals surface area contributed by atoms with Crippen LogP contribution in [0.3, 0.4) is 0 Å². The summed E-state index contributed by atoms with van der Waals surface area (Å²) in [6, 6.07) is 12.6. The molecule has 0 atom stereocenters. The number of nitrogens with one attached hydrogen (secondary N) is 2. The van der Waals surface area contributed by atoms with E-state index in [2.05, 4.69) is 15.2 Å². The van der Waals surface area contributed by atoms with Crippen LogP contribution >= 0.6 is 11.8 Å². The van der Waals surface area contributed by atoms with Crippen molar-refractivity contribution < 1.29 is 18.2 Å². The maximum Gasteiger partial charge on any atom is 0.269 e. The van der Waals surface area contributed by atoms with Gasteiger partial charge in [0.1, 0.15) is 0 Å². The van der Waals surface area contributed by atoms with Gasteiger partial charge in [-0.25, -0.2) is 18.6 Å². The molecule has 0 aliphatic rings. The Bertz CT molecular complexity index is 945. The summed E-state index contributed by atoms with van der Waals surface area (Å²) in [7, 11) is -3.57. The summed E-state index contributed by atoms with van der Waals surface area (Å²) in [5.41, 5.74) is 4.45. The van der Waals surface area contributed by atoms with Gasteiger partial charge in [-0.1, -0.05) is 29.5 Å². The van der Waals surface area contributed by atoms with Crippen LogP contribution in [0.25, 0.3) is 0 Å². The Hall–Kier alpha value is -2.47. The summed E-state index contributed by atoms with van der Waals surface area (Å²) >= 11 is 1.31. The van der Waals surface area contributed by atoms with Gasteiger partial charge in [0.2, 0.25) is 10.0 Å². The lowest BCUT2D eigenvalue weighted by Gasteiger charge is -2.09. The SMILES string of the molecule is CSC(=NCCNS(=O)(=O)c1ccc(C)cc1)NOCc1ccc([N+](=O)[O-])cc1. The van der Waals surface area contributed by atoms with Gasteiger partial charge in [0.05, 0.1) is 23.0 Å². The summed E-state index contributed by atoms with van der Waals surface area (Å²) in [5, 5.41) is 11.1. The maximum atomic E-state index is 12.2. The molecule has 0 saturated carbocycles. The fraction of sp³-hybridized carbons (Fsp3) is 0.278. The Morgan fingerprint density at radius 2 is 1.83 bits per heavy atom. The molecule has 0 heterocycles. The minimum atomic E-state index is -3.57. The maximum absolute atomic E-state index is 12.2. The summed E-state index contributed by atoms with van der Waals surface area (Å²) in [6.45, 7) is 2.45. The van der Waals surface area contributed by atoms with E-state index >= 15 is 0 Å². The van der Waals surface area contributed by atoms with Crippen molar-refractivity contribution in [3.8, 4) is 0 Å². The van der Waals surface area contributed by atoms with Crippen molar-refractivity contribution in [1.29, 1.82) is 0 Å². The molecule has 0 radical (unpaired) electrons. The van der Waals surface area contributed by atoms with Crippen molar-refractivity contribution in [3.05, 3.63) is 69.8 Å². The number of benzene rings is 2. The van der Waals surface area contributed by atoms with Crippen LogP contribution in [0, 0.1) is 17.0 Å². The number of hydrogen-bond donors (Lipinski definition) is 2. The Morgan fingerprint density at radius 1 is 1.17 bits per heavy atom. The van der Waals surface area contributed by atoms with Gasteiger partial charge >= 0.3 is 0 Å². The van der Waals surface area contributed by atoms with Crippen LogP contribution in [0.1, 0.15) is 11.1 Å². The molecule has 0 bridgehead atoms. The zero-order chi connectivity index (χ0) is 21.3. The standard InChI is InChI=1S/C18H22N4O5S2/c1-14-3-9-17(10-4-14)29(25,26)20-12-11-19-18(28-2)21-27-13-15-5-7-16(8-6-15)22(23)24/h3-10,20H,11-13H2,1-2H3,(H,19,21). The number of aryl methyl sites for hydroxylation is 1. The first-order valence-corrected chi connectivity index (χ1v) is 11.3. The molecule has 0 spiro atoms. The molecule has 2 N–H and O–H groups in total. The molecule has 2 rings (SSSR count). The summed E-state index contributed by atoms with van der Waals surface area (Å²) in [5.74, 6) is 0.